The molecule has 1 atom stereocenters. The molecule has 3 aromatic rings. The first kappa shape index (κ1) is 18.1. The van der Waals surface area contributed by atoms with Crippen LogP contribution in [0.2, 0.25) is 0 Å². The highest BCUT2D eigenvalue weighted by molar-refractivity contribution is 6.17. The molecule has 5 rings (SSSR count). The molecule has 30 heavy (non-hydrogen) atoms. The number of imidazole rings is 1. The van der Waals surface area contributed by atoms with Crippen molar-refractivity contribution in [3.63, 3.8) is 0 Å². The number of amides is 3. The minimum atomic E-state index is -0.629. The van der Waals surface area contributed by atoms with E-state index in [4.69, 9.17) is 0 Å². The Kier molecular flexibility index (Phi) is 4.31. The fourth-order valence-electron chi connectivity index (χ4n) is 4.09. The number of rotatable bonds is 5. The predicted octanol–water partition coefficient (Wildman–Crippen LogP) is 1.81. The van der Waals surface area contributed by atoms with Gasteiger partial charge in [0.25, 0.3) is 11.8 Å². The molecule has 0 spiro atoms. The molecule has 0 saturated heterocycles. The van der Waals surface area contributed by atoms with Crippen molar-refractivity contribution < 1.29 is 14.4 Å². The minimum absolute atomic E-state index is 0.139. The Bertz CT molecular complexity index is 1140. The van der Waals surface area contributed by atoms with Gasteiger partial charge in [0, 0.05) is 36.6 Å². The molecule has 3 heterocycles. The second-order valence-electron chi connectivity index (χ2n) is 7.24. The average molecular weight is 401 g/mol. The standard InChI is InChI=1S/C22H19N5O3/c28-19(24-10-12-25-11-9-23-14-25)13-26-20-15-5-1-2-6-16(15)22(30)27(20)18-8-4-3-7-17(18)21(26)29/h1-9,11,14,20H,10,12-13H2,(H,24,28). The summed E-state index contributed by atoms with van der Waals surface area (Å²) < 4.78 is 1.86. The lowest BCUT2D eigenvalue weighted by atomic mass is 10.0. The van der Waals surface area contributed by atoms with Crippen LogP contribution in [0.5, 0.6) is 0 Å². The molecule has 0 fully saturated rings. The van der Waals surface area contributed by atoms with Crippen molar-refractivity contribution in [1.82, 2.24) is 19.8 Å². The summed E-state index contributed by atoms with van der Waals surface area (Å²) in [4.78, 5) is 46.1. The van der Waals surface area contributed by atoms with Crippen molar-refractivity contribution in [2.24, 2.45) is 0 Å². The molecule has 0 saturated carbocycles. The van der Waals surface area contributed by atoms with Gasteiger partial charge in [-0.05, 0) is 18.2 Å². The second kappa shape index (κ2) is 7.14. The van der Waals surface area contributed by atoms with Crippen molar-refractivity contribution in [2.75, 3.05) is 18.0 Å². The lowest BCUT2D eigenvalue weighted by Crippen LogP contribution is -2.51. The molecule has 8 nitrogen and oxygen atoms in total. The molecule has 1 aromatic heterocycles. The molecule has 0 aliphatic carbocycles. The molecule has 1 N–H and O–H groups in total. The molecule has 2 aliphatic rings. The number of fused-ring (bicyclic) bond motifs is 5. The Labute approximate surface area is 172 Å². The fraction of sp³-hybridized carbons (Fsp3) is 0.182. The van der Waals surface area contributed by atoms with E-state index >= 15 is 0 Å². The van der Waals surface area contributed by atoms with Crippen LogP contribution >= 0.6 is 0 Å². The quantitative estimate of drug-likeness (QED) is 0.706. The topological polar surface area (TPSA) is 87.5 Å². The smallest absolute Gasteiger partial charge is 0.260 e. The SMILES string of the molecule is O=C(CN1C(=O)c2ccccc2N2C(=O)c3ccccc3C12)NCCn1ccnc1. The van der Waals surface area contributed by atoms with E-state index in [0.717, 1.165) is 5.56 Å². The van der Waals surface area contributed by atoms with Crippen LogP contribution in [0, 0.1) is 0 Å². The molecule has 3 amide bonds. The highest BCUT2D eigenvalue weighted by atomic mass is 16.2. The van der Waals surface area contributed by atoms with Gasteiger partial charge >= 0.3 is 0 Å². The number of hydrogen-bond acceptors (Lipinski definition) is 4. The summed E-state index contributed by atoms with van der Waals surface area (Å²) >= 11 is 0. The number of anilines is 1. The maximum absolute atomic E-state index is 13.3. The maximum atomic E-state index is 13.3. The zero-order valence-corrected chi connectivity index (χ0v) is 16.1. The summed E-state index contributed by atoms with van der Waals surface area (Å²) in [7, 11) is 0. The van der Waals surface area contributed by atoms with E-state index < -0.39 is 6.17 Å². The zero-order chi connectivity index (χ0) is 20.7. The average Bonchev–Trinajstić information content (AvgIpc) is 3.38. The normalized spacial score (nSPS) is 16.9. The number of para-hydroxylation sites is 1. The van der Waals surface area contributed by atoms with E-state index in [1.807, 2.05) is 22.9 Å². The van der Waals surface area contributed by atoms with E-state index in [2.05, 4.69) is 10.3 Å². The zero-order valence-electron chi connectivity index (χ0n) is 16.1. The Morgan fingerprint density at radius 3 is 2.57 bits per heavy atom. The third-order valence-corrected chi connectivity index (χ3v) is 5.45. The van der Waals surface area contributed by atoms with Crippen LogP contribution in [0.4, 0.5) is 5.69 Å². The van der Waals surface area contributed by atoms with Gasteiger partial charge in [0.15, 0.2) is 0 Å². The third kappa shape index (κ3) is 2.85. The second-order valence-corrected chi connectivity index (χ2v) is 7.24. The van der Waals surface area contributed by atoms with Crippen LogP contribution in [0.25, 0.3) is 0 Å². The van der Waals surface area contributed by atoms with Gasteiger partial charge in [-0.3, -0.25) is 19.3 Å². The van der Waals surface area contributed by atoms with Crippen molar-refractivity contribution in [2.45, 2.75) is 12.7 Å². The van der Waals surface area contributed by atoms with Crippen LogP contribution in [-0.2, 0) is 11.3 Å². The van der Waals surface area contributed by atoms with Crippen LogP contribution in [0.3, 0.4) is 0 Å². The van der Waals surface area contributed by atoms with Gasteiger partial charge in [0.1, 0.15) is 12.7 Å². The number of carbonyl (C=O) groups is 3. The minimum Gasteiger partial charge on any atom is -0.353 e. The van der Waals surface area contributed by atoms with E-state index in [9.17, 15) is 14.4 Å². The molecule has 8 heteroatoms. The predicted molar refractivity (Wildman–Crippen MR) is 109 cm³/mol. The summed E-state index contributed by atoms with van der Waals surface area (Å²) in [5.74, 6) is -0.707. The number of benzene rings is 2. The summed E-state index contributed by atoms with van der Waals surface area (Å²) in [6, 6.07) is 14.3. The number of carbonyl (C=O) groups excluding carboxylic acids is 3. The first-order valence-electron chi connectivity index (χ1n) is 9.70. The van der Waals surface area contributed by atoms with Gasteiger partial charge in [-0.15, -0.1) is 0 Å². The van der Waals surface area contributed by atoms with E-state index in [-0.39, 0.29) is 24.3 Å². The monoisotopic (exact) mass is 401 g/mol. The van der Waals surface area contributed by atoms with Crippen LogP contribution in [0.15, 0.2) is 67.3 Å². The van der Waals surface area contributed by atoms with Crippen molar-refractivity contribution in [3.8, 4) is 0 Å². The molecule has 150 valence electrons. The number of hydrogen-bond donors (Lipinski definition) is 1. The first-order valence-corrected chi connectivity index (χ1v) is 9.70. The van der Waals surface area contributed by atoms with Gasteiger partial charge in [-0.1, -0.05) is 30.3 Å². The molecule has 2 aliphatic heterocycles. The molecule has 0 radical (unpaired) electrons. The first-order chi connectivity index (χ1) is 14.6. The van der Waals surface area contributed by atoms with Crippen molar-refractivity contribution in [3.05, 3.63) is 83.9 Å². The highest BCUT2D eigenvalue weighted by Gasteiger charge is 2.47. The van der Waals surface area contributed by atoms with Gasteiger partial charge in [-0.2, -0.15) is 0 Å². The molecular weight excluding hydrogens is 382 g/mol. The summed E-state index contributed by atoms with van der Waals surface area (Å²) in [5, 5.41) is 2.84. The Hall–Kier alpha value is -3.94. The van der Waals surface area contributed by atoms with Crippen LogP contribution in [0.1, 0.15) is 32.4 Å². The largest absolute Gasteiger partial charge is 0.353 e. The summed E-state index contributed by atoms with van der Waals surface area (Å²) in [6.45, 7) is 0.858. The van der Waals surface area contributed by atoms with Crippen molar-refractivity contribution >= 4 is 23.4 Å². The molecular formula is C22H19N5O3. The number of nitrogens with one attached hydrogen (secondary N) is 1. The fourth-order valence-corrected chi connectivity index (χ4v) is 4.09. The number of nitrogens with zero attached hydrogens (tertiary/aromatic N) is 4. The lowest BCUT2D eigenvalue weighted by Gasteiger charge is -2.40. The van der Waals surface area contributed by atoms with Crippen molar-refractivity contribution in [1.29, 1.82) is 0 Å². The van der Waals surface area contributed by atoms with Gasteiger partial charge < -0.3 is 14.8 Å². The third-order valence-electron chi connectivity index (χ3n) is 5.45. The highest BCUT2D eigenvalue weighted by Crippen LogP contribution is 2.44. The van der Waals surface area contributed by atoms with E-state index in [1.165, 1.54) is 4.90 Å². The Morgan fingerprint density at radius 1 is 1.00 bits per heavy atom. The number of aromatic nitrogens is 2. The molecule has 0 bridgehead atoms. The van der Waals surface area contributed by atoms with Crippen LogP contribution < -0.4 is 10.2 Å². The van der Waals surface area contributed by atoms with Crippen LogP contribution in [-0.4, -0.2) is 45.3 Å². The Morgan fingerprint density at radius 2 is 1.77 bits per heavy atom. The molecule has 1 unspecified atom stereocenters. The summed E-state index contributed by atoms with van der Waals surface area (Å²) in [5.41, 5.74) is 2.28. The lowest BCUT2D eigenvalue weighted by molar-refractivity contribution is -0.122. The van der Waals surface area contributed by atoms with Gasteiger partial charge in [-0.25, -0.2) is 4.98 Å². The maximum Gasteiger partial charge on any atom is 0.260 e. The van der Waals surface area contributed by atoms with Gasteiger partial charge in [0.05, 0.1) is 17.6 Å². The molecule has 2 aromatic carbocycles. The van der Waals surface area contributed by atoms with E-state index in [1.54, 1.807) is 53.8 Å². The van der Waals surface area contributed by atoms with E-state index in [0.29, 0.717) is 29.9 Å². The van der Waals surface area contributed by atoms with Gasteiger partial charge in [0.2, 0.25) is 5.91 Å². The summed E-state index contributed by atoms with van der Waals surface area (Å²) in [6.07, 6.45) is 4.54. The Balaban J connectivity index is 1.43.